The fraction of sp³-hybridized carbons (Fsp3) is 0.318. The molecule has 7 heteroatoms. The van der Waals surface area contributed by atoms with Crippen LogP contribution in [0, 0.1) is 5.82 Å². The molecular formula is C22H25FN4O2. The molecule has 0 aliphatic rings. The summed E-state index contributed by atoms with van der Waals surface area (Å²) in [7, 11) is 0. The number of rotatable bonds is 8. The number of halogens is 1. The number of nitrogens with zero attached hydrogens (tertiary/aromatic N) is 3. The van der Waals surface area contributed by atoms with Crippen molar-refractivity contribution >= 4 is 28.4 Å². The lowest BCUT2D eigenvalue weighted by Crippen LogP contribution is -2.36. The molecule has 3 aromatic rings. The van der Waals surface area contributed by atoms with E-state index in [-0.39, 0.29) is 12.1 Å². The van der Waals surface area contributed by atoms with Gasteiger partial charge >= 0.3 is 0 Å². The summed E-state index contributed by atoms with van der Waals surface area (Å²) in [5.41, 5.74) is 1.28. The van der Waals surface area contributed by atoms with Crippen molar-refractivity contribution in [2.45, 2.75) is 33.2 Å². The number of carbonyl (C=O) groups excluding carboxylic acids is 1. The van der Waals surface area contributed by atoms with Crippen LogP contribution in [0.2, 0.25) is 0 Å². The summed E-state index contributed by atoms with van der Waals surface area (Å²) in [6, 6.07) is 12.9. The summed E-state index contributed by atoms with van der Waals surface area (Å²) in [5, 5.41) is 2.65. The summed E-state index contributed by atoms with van der Waals surface area (Å²) in [4.78, 5) is 32.4. The van der Waals surface area contributed by atoms with Gasteiger partial charge in [-0.1, -0.05) is 32.0 Å². The first-order valence-corrected chi connectivity index (χ1v) is 9.83. The van der Waals surface area contributed by atoms with E-state index >= 15 is 0 Å². The molecule has 0 spiro atoms. The van der Waals surface area contributed by atoms with Gasteiger partial charge in [0.1, 0.15) is 12.4 Å². The van der Waals surface area contributed by atoms with E-state index in [1.165, 1.54) is 22.8 Å². The van der Waals surface area contributed by atoms with Crippen LogP contribution in [0.15, 0.2) is 53.3 Å². The first-order valence-electron chi connectivity index (χ1n) is 9.83. The van der Waals surface area contributed by atoms with Gasteiger partial charge < -0.3 is 10.2 Å². The van der Waals surface area contributed by atoms with Crippen molar-refractivity contribution in [2.75, 3.05) is 23.3 Å². The van der Waals surface area contributed by atoms with E-state index in [2.05, 4.69) is 24.1 Å². The van der Waals surface area contributed by atoms with Gasteiger partial charge in [0.2, 0.25) is 5.91 Å². The van der Waals surface area contributed by atoms with Crippen molar-refractivity contribution in [1.29, 1.82) is 0 Å². The van der Waals surface area contributed by atoms with E-state index in [4.69, 9.17) is 0 Å². The largest absolute Gasteiger partial charge is 0.352 e. The zero-order chi connectivity index (χ0) is 20.8. The molecule has 2 aromatic carbocycles. The van der Waals surface area contributed by atoms with Gasteiger partial charge in [0.25, 0.3) is 5.56 Å². The van der Waals surface area contributed by atoms with Crippen LogP contribution in [0.25, 0.3) is 11.0 Å². The normalized spacial score (nSPS) is 10.9. The summed E-state index contributed by atoms with van der Waals surface area (Å²) in [6.45, 7) is 5.34. The third kappa shape index (κ3) is 4.80. The minimum Gasteiger partial charge on any atom is -0.352 e. The number of benzene rings is 2. The van der Waals surface area contributed by atoms with Crippen LogP contribution in [-0.2, 0) is 11.3 Å². The Morgan fingerprint density at radius 3 is 2.52 bits per heavy atom. The Bertz CT molecular complexity index is 1060. The van der Waals surface area contributed by atoms with E-state index in [0.717, 1.165) is 12.8 Å². The molecule has 6 nitrogen and oxygen atoms in total. The molecule has 29 heavy (non-hydrogen) atoms. The number of para-hydroxylation sites is 2. The highest BCUT2D eigenvalue weighted by Crippen LogP contribution is 2.16. The van der Waals surface area contributed by atoms with E-state index in [9.17, 15) is 14.0 Å². The van der Waals surface area contributed by atoms with E-state index in [0.29, 0.717) is 35.6 Å². The topological polar surface area (TPSA) is 67.2 Å². The summed E-state index contributed by atoms with van der Waals surface area (Å²) in [6.07, 6.45) is 1.77. The Morgan fingerprint density at radius 1 is 1.10 bits per heavy atom. The van der Waals surface area contributed by atoms with E-state index in [1.807, 2.05) is 17.0 Å². The maximum absolute atomic E-state index is 13.4. The van der Waals surface area contributed by atoms with Crippen molar-refractivity contribution in [3.05, 3.63) is 64.7 Å². The van der Waals surface area contributed by atoms with Crippen LogP contribution < -0.4 is 15.8 Å². The van der Waals surface area contributed by atoms with Gasteiger partial charge in [0, 0.05) is 18.8 Å². The molecular weight excluding hydrogens is 371 g/mol. The number of anilines is 2. The van der Waals surface area contributed by atoms with Crippen molar-refractivity contribution in [2.24, 2.45) is 0 Å². The van der Waals surface area contributed by atoms with Crippen LogP contribution in [-0.4, -0.2) is 28.5 Å². The van der Waals surface area contributed by atoms with Gasteiger partial charge in [-0.25, -0.2) is 9.37 Å². The number of carbonyl (C=O) groups is 1. The highest BCUT2D eigenvalue weighted by Gasteiger charge is 2.18. The summed E-state index contributed by atoms with van der Waals surface area (Å²) < 4.78 is 14.8. The molecule has 0 saturated heterocycles. The molecule has 0 atom stereocenters. The molecule has 0 saturated carbocycles. The predicted octanol–water partition coefficient (Wildman–Crippen LogP) is 3.80. The number of nitrogens with one attached hydrogen (secondary N) is 1. The van der Waals surface area contributed by atoms with Crippen LogP contribution in [0.3, 0.4) is 0 Å². The molecule has 1 amide bonds. The first kappa shape index (κ1) is 20.5. The second-order valence-corrected chi connectivity index (χ2v) is 6.86. The lowest BCUT2D eigenvalue weighted by atomic mass is 10.2. The maximum Gasteiger partial charge on any atom is 0.294 e. The third-order valence-electron chi connectivity index (χ3n) is 4.53. The first-order chi connectivity index (χ1) is 14.0. The zero-order valence-corrected chi connectivity index (χ0v) is 16.7. The zero-order valence-electron chi connectivity index (χ0n) is 16.7. The number of aromatic nitrogens is 2. The molecule has 0 fully saturated rings. The number of fused-ring (bicyclic) bond motifs is 1. The average molecular weight is 396 g/mol. The SMILES string of the molecule is CCCN(CCC)c1nc2ccccc2n(CC(=O)Nc2cccc(F)c2)c1=O. The van der Waals surface area contributed by atoms with Crippen molar-refractivity contribution in [3.8, 4) is 0 Å². The minimum atomic E-state index is -0.439. The van der Waals surface area contributed by atoms with Crippen molar-refractivity contribution in [3.63, 3.8) is 0 Å². The standard InChI is InChI=1S/C22H25FN4O2/c1-3-12-26(13-4-2)21-22(29)27(19-11-6-5-10-18(19)25-21)15-20(28)24-17-9-7-8-16(23)14-17/h5-11,14H,3-4,12-13,15H2,1-2H3,(H,24,28). The number of amides is 1. The smallest absolute Gasteiger partial charge is 0.294 e. The minimum absolute atomic E-state index is 0.183. The lowest BCUT2D eigenvalue weighted by molar-refractivity contribution is -0.116. The third-order valence-corrected chi connectivity index (χ3v) is 4.53. The van der Waals surface area contributed by atoms with Gasteiger partial charge in [-0.2, -0.15) is 0 Å². The quantitative estimate of drug-likeness (QED) is 0.629. The molecule has 152 valence electrons. The second kappa shape index (κ2) is 9.32. The van der Waals surface area contributed by atoms with Gasteiger partial charge in [0.05, 0.1) is 11.0 Å². The summed E-state index contributed by atoms with van der Waals surface area (Å²) in [5.74, 6) is -0.491. The Kier molecular flexibility index (Phi) is 6.59. The highest BCUT2D eigenvalue weighted by molar-refractivity contribution is 5.91. The average Bonchev–Trinajstić information content (AvgIpc) is 2.70. The number of hydrogen-bond acceptors (Lipinski definition) is 4. The molecule has 0 aliphatic heterocycles. The van der Waals surface area contributed by atoms with E-state index < -0.39 is 11.7 Å². The lowest BCUT2D eigenvalue weighted by Gasteiger charge is -2.23. The fourth-order valence-electron chi connectivity index (χ4n) is 3.32. The van der Waals surface area contributed by atoms with Gasteiger partial charge in [-0.15, -0.1) is 0 Å². The molecule has 1 heterocycles. The Morgan fingerprint density at radius 2 is 1.83 bits per heavy atom. The molecule has 1 aromatic heterocycles. The monoisotopic (exact) mass is 396 g/mol. The molecule has 0 unspecified atom stereocenters. The molecule has 0 aliphatic carbocycles. The van der Waals surface area contributed by atoms with Crippen molar-refractivity contribution < 1.29 is 9.18 Å². The van der Waals surface area contributed by atoms with Crippen LogP contribution in [0.1, 0.15) is 26.7 Å². The van der Waals surface area contributed by atoms with Crippen LogP contribution >= 0.6 is 0 Å². The molecule has 1 N–H and O–H groups in total. The number of hydrogen-bond donors (Lipinski definition) is 1. The van der Waals surface area contributed by atoms with Gasteiger partial charge in [0.15, 0.2) is 5.82 Å². The summed E-state index contributed by atoms with van der Waals surface area (Å²) >= 11 is 0. The highest BCUT2D eigenvalue weighted by atomic mass is 19.1. The Hall–Kier alpha value is -3.22. The predicted molar refractivity (Wildman–Crippen MR) is 114 cm³/mol. The van der Waals surface area contributed by atoms with Gasteiger partial charge in [-0.05, 0) is 43.2 Å². The second-order valence-electron chi connectivity index (χ2n) is 6.86. The fourth-order valence-corrected chi connectivity index (χ4v) is 3.32. The van der Waals surface area contributed by atoms with Crippen LogP contribution in [0.5, 0.6) is 0 Å². The molecule has 0 bridgehead atoms. The van der Waals surface area contributed by atoms with Gasteiger partial charge in [-0.3, -0.25) is 14.2 Å². The molecule has 3 rings (SSSR count). The van der Waals surface area contributed by atoms with Crippen LogP contribution in [0.4, 0.5) is 15.9 Å². The molecule has 0 radical (unpaired) electrons. The Balaban J connectivity index is 2.00. The van der Waals surface area contributed by atoms with Crippen molar-refractivity contribution in [1.82, 2.24) is 9.55 Å². The Labute approximate surface area is 169 Å². The maximum atomic E-state index is 13.4. The van der Waals surface area contributed by atoms with E-state index in [1.54, 1.807) is 18.2 Å².